The van der Waals surface area contributed by atoms with Crippen molar-refractivity contribution in [2.75, 3.05) is 0 Å². The van der Waals surface area contributed by atoms with E-state index >= 15 is 0 Å². The molecular formula is C42H36S2. The van der Waals surface area contributed by atoms with Crippen molar-refractivity contribution in [2.24, 2.45) is 0 Å². The van der Waals surface area contributed by atoms with E-state index in [-0.39, 0.29) is 0 Å². The largest absolute Gasteiger partial charge is 0.134 e. The summed E-state index contributed by atoms with van der Waals surface area (Å²) in [5.74, 6) is 0. The fourth-order valence-corrected chi connectivity index (χ4v) is 9.75. The van der Waals surface area contributed by atoms with Gasteiger partial charge in [0.2, 0.25) is 0 Å². The van der Waals surface area contributed by atoms with E-state index < -0.39 is 0 Å². The van der Waals surface area contributed by atoms with Gasteiger partial charge >= 0.3 is 0 Å². The Morgan fingerprint density at radius 2 is 0.841 bits per heavy atom. The average molecular weight is 605 g/mol. The highest BCUT2D eigenvalue weighted by atomic mass is 32.1. The molecule has 8 aromatic rings. The first-order valence-corrected chi connectivity index (χ1v) is 17.8. The van der Waals surface area contributed by atoms with Gasteiger partial charge in [0.05, 0.1) is 9.40 Å². The maximum absolute atomic E-state index is 2.46. The van der Waals surface area contributed by atoms with Crippen LogP contribution in [0.15, 0.2) is 109 Å². The highest BCUT2D eigenvalue weighted by Gasteiger charge is 2.20. The van der Waals surface area contributed by atoms with Gasteiger partial charge in [0, 0.05) is 20.2 Å². The maximum atomic E-state index is 2.46. The van der Waals surface area contributed by atoms with Crippen LogP contribution in [-0.4, -0.2) is 0 Å². The van der Waals surface area contributed by atoms with Crippen LogP contribution in [-0.2, 0) is 12.8 Å². The Kier molecular flexibility index (Phi) is 7.21. The number of hydrogen-bond acceptors (Lipinski definition) is 2. The van der Waals surface area contributed by atoms with Crippen LogP contribution >= 0.6 is 22.7 Å². The zero-order chi connectivity index (χ0) is 29.6. The zero-order valence-electron chi connectivity index (χ0n) is 25.5. The summed E-state index contributed by atoms with van der Waals surface area (Å²) in [6, 6.07) is 41.6. The van der Waals surface area contributed by atoms with Crippen LogP contribution in [0.4, 0.5) is 0 Å². The second kappa shape index (κ2) is 11.5. The number of fused-ring (bicyclic) bond motifs is 9. The third-order valence-electron chi connectivity index (χ3n) is 9.27. The topological polar surface area (TPSA) is 0 Å². The quantitative estimate of drug-likeness (QED) is 0.162. The minimum absolute atomic E-state index is 1.16. The van der Waals surface area contributed by atoms with E-state index in [1.54, 1.807) is 0 Å². The second-order valence-electron chi connectivity index (χ2n) is 12.1. The molecule has 0 saturated carbocycles. The second-order valence-corrected chi connectivity index (χ2v) is 14.3. The van der Waals surface area contributed by atoms with Gasteiger partial charge in [-0.25, -0.2) is 0 Å². The molecule has 0 bridgehead atoms. The van der Waals surface area contributed by atoms with Gasteiger partial charge in [-0.3, -0.25) is 0 Å². The minimum Gasteiger partial charge on any atom is -0.134 e. The molecule has 0 aliphatic carbocycles. The SMILES string of the molecule is CCCCc1ccc(-c2cc3sc4c(sc5cc(-c6ccc(CCCC)cc6)c6ccccc6c54)c3c3ccccc23)cc1. The molecule has 2 heteroatoms. The van der Waals surface area contributed by atoms with Gasteiger partial charge in [-0.15, -0.1) is 22.7 Å². The lowest BCUT2D eigenvalue weighted by molar-refractivity contribution is 0.795. The molecule has 8 rings (SSSR count). The zero-order valence-corrected chi connectivity index (χ0v) is 27.1. The Morgan fingerprint density at radius 3 is 1.23 bits per heavy atom. The van der Waals surface area contributed by atoms with Gasteiger partial charge in [0.25, 0.3) is 0 Å². The highest BCUT2D eigenvalue weighted by molar-refractivity contribution is 7.37. The van der Waals surface area contributed by atoms with Crippen molar-refractivity contribution < 1.29 is 0 Å². The number of thiophene rings is 2. The molecule has 0 aliphatic rings. The van der Waals surface area contributed by atoms with Crippen LogP contribution in [0.5, 0.6) is 0 Å². The van der Waals surface area contributed by atoms with E-state index in [1.807, 2.05) is 22.7 Å². The van der Waals surface area contributed by atoms with Crippen LogP contribution in [0.1, 0.15) is 50.7 Å². The van der Waals surface area contributed by atoms with Crippen molar-refractivity contribution in [3.05, 3.63) is 120 Å². The third-order valence-corrected chi connectivity index (χ3v) is 11.7. The van der Waals surface area contributed by atoms with Crippen molar-refractivity contribution in [1.29, 1.82) is 0 Å². The molecule has 0 amide bonds. The van der Waals surface area contributed by atoms with Crippen LogP contribution in [0, 0.1) is 0 Å². The molecular weight excluding hydrogens is 569 g/mol. The van der Waals surface area contributed by atoms with E-state index in [4.69, 9.17) is 0 Å². The normalized spacial score (nSPS) is 12.0. The molecule has 0 atom stereocenters. The lowest BCUT2D eigenvalue weighted by Crippen LogP contribution is -1.86. The predicted octanol–water partition coefficient (Wildman–Crippen LogP) is 13.6. The smallest absolute Gasteiger partial charge is 0.0548 e. The number of rotatable bonds is 8. The number of hydrogen-bond donors (Lipinski definition) is 0. The molecule has 0 radical (unpaired) electrons. The van der Waals surface area contributed by atoms with E-state index in [9.17, 15) is 0 Å². The van der Waals surface area contributed by atoms with Crippen LogP contribution in [0.3, 0.4) is 0 Å². The number of unbranched alkanes of at least 4 members (excludes halogenated alkanes) is 2. The lowest BCUT2D eigenvalue weighted by atomic mass is 9.94. The van der Waals surface area contributed by atoms with Gasteiger partial charge in [-0.1, -0.05) is 124 Å². The Morgan fingerprint density at radius 1 is 0.455 bits per heavy atom. The van der Waals surface area contributed by atoms with E-state index in [1.165, 1.54) is 110 Å². The Hall–Kier alpha value is -3.98. The van der Waals surface area contributed by atoms with Gasteiger partial charge in [0.1, 0.15) is 0 Å². The Balaban J connectivity index is 1.33. The molecule has 0 spiro atoms. The summed E-state index contributed by atoms with van der Waals surface area (Å²) in [4.78, 5) is 0. The van der Waals surface area contributed by atoms with Crippen LogP contribution < -0.4 is 0 Å². The summed E-state index contributed by atoms with van der Waals surface area (Å²) in [5.41, 5.74) is 8.15. The summed E-state index contributed by atoms with van der Waals surface area (Å²) < 4.78 is 5.62. The predicted molar refractivity (Wildman–Crippen MR) is 198 cm³/mol. The van der Waals surface area contributed by atoms with Crippen LogP contribution in [0.25, 0.3) is 73.4 Å². The highest BCUT2D eigenvalue weighted by Crippen LogP contribution is 2.51. The summed E-state index contributed by atoms with van der Waals surface area (Å²) in [5, 5.41) is 8.23. The molecule has 0 fully saturated rings. The fraction of sp³-hybridized carbons (Fsp3) is 0.190. The van der Waals surface area contributed by atoms with Gasteiger partial charge < -0.3 is 0 Å². The van der Waals surface area contributed by atoms with Crippen molar-refractivity contribution >= 4 is 73.8 Å². The molecule has 0 N–H and O–H groups in total. The number of benzene rings is 6. The Labute approximate surface area is 267 Å². The average Bonchev–Trinajstić information content (AvgIpc) is 3.62. The van der Waals surface area contributed by atoms with E-state index in [0.29, 0.717) is 0 Å². The summed E-state index contributed by atoms with van der Waals surface area (Å²) >= 11 is 3.94. The molecule has 0 nitrogen and oxygen atoms in total. The molecule has 2 aromatic heterocycles. The molecule has 216 valence electrons. The molecule has 44 heavy (non-hydrogen) atoms. The lowest BCUT2D eigenvalue weighted by Gasteiger charge is -2.10. The fourth-order valence-electron chi connectivity index (χ4n) is 6.91. The third kappa shape index (κ3) is 4.64. The van der Waals surface area contributed by atoms with Gasteiger partial charge in [-0.2, -0.15) is 0 Å². The summed E-state index contributed by atoms with van der Waals surface area (Å²) in [7, 11) is 0. The molecule has 6 aromatic carbocycles. The monoisotopic (exact) mass is 604 g/mol. The van der Waals surface area contributed by atoms with E-state index in [0.717, 1.165) is 12.8 Å². The van der Waals surface area contributed by atoms with E-state index in [2.05, 4.69) is 123 Å². The molecule has 0 aliphatic heterocycles. The minimum atomic E-state index is 1.16. The number of aryl methyl sites for hydroxylation is 2. The first-order valence-electron chi connectivity index (χ1n) is 16.1. The molecule has 2 heterocycles. The summed E-state index contributed by atoms with van der Waals surface area (Å²) in [6.45, 7) is 4.53. The summed E-state index contributed by atoms with van der Waals surface area (Å²) in [6.07, 6.45) is 7.27. The Bertz CT molecular complexity index is 2110. The van der Waals surface area contributed by atoms with Crippen molar-refractivity contribution in [2.45, 2.75) is 52.4 Å². The van der Waals surface area contributed by atoms with Crippen molar-refractivity contribution in [1.82, 2.24) is 0 Å². The van der Waals surface area contributed by atoms with Crippen molar-refractivity contribution in [3.63, 3.8) is 0 Å². The van der Waals surface area contributed by atoms with Gasteiger partial charge in [-0.05, 0) is 92.7 Å². The van der Waals surface area contributed by atoms with Crippen LogP contribution in [0.2, 0.25) is 0 Å². The first-order chi connectivity index (χ1) is 21.7. The first kappa shape index (κ1) is 27.6. The maximum Gasteiger partial charge on any atom is 0.0548 e. The van der Waals surface area contributed by atoms with Crippen molar-refractivity contribution in [3.8, 4) is 22.3 Å². The standard InChI is InChI=1S/C42H36S2/c1-3-5-11-27-17-21-29(22-18-27)35-25-37-39(33-15-9-7-13-31(33)35)41-42(43-37)40-34-16-10-8-14-32(34)36(26-38(40)44-41)30-23-19-28(20-24-30)12-6-4-2/h7-10,13-26H,3-6,11-12H2,1-2H3. The molecule has 0 saturated heterocycles. The van der Waals surface area contributed by atoms with Gasteiger partial charge in [0.15, 0.2) is 0 Å². The molecule has 0 unspecified atom stereocenters.